The van der Waals surface area contributed by atoms with Gasteiger partial charge in [-0.25, -0.2) is 43.6 Å². The lowest BCUT2D eigenvalue weighted by molar-refractivity contribution is -0.0530. The Hall–Kier alpha value is -3.13. The molecule has 2 aliphatic rings. The molecular formula is C20H27N10O16P3. The molecule has 6 rings (SSSR count). The highest BCUT2D eigenvalue weighted by atomic mass is 31.3. The average molecular weight is 756 g/mol. The van der Waals surface area contributed by atoms with Gasteiger partial charge in [0.25, 0.3) is 0 Å². The summed E-state index contributed by atoms with van der Waals surface area (Å²) in [5.41, 5.74) is 12.0. The van der Waals surface area contributed by atoms with E-state index in [-0.39, 0.29) is 34.0 Å². The lowest BCUT2D eigenvalue weighted by Gasteiger charge is -2.23. The highest BCUT2D eigenvalue weighted by Crippen LogP contribution is 2.69. The van der Waals surface area contributed by atoms with Crippen molar-refractivity contribution in [2.45, 2.75) is 49.1 Å². The Balaban J connectivity index is 1.12. The van der Waals surface area contributed by atoms with Crippen LogP contribution in [-0.4, -0.2) is 124 Å². The van der Waals surface area contributed by atoms with Crippen molar-refractivity contribution in [3.63, 3.8) is 0 Å². The van der Waals surface area contributed by atoms with E-state index in [0.717, 1.165) is 19.0 Å². The molecule has 10 atom stereocenters. The van der Waals surface area contributed by atoms with E-state index >= 15 is 0 Å². The van der Waals surface area contributed by atoms with Crippen molar-refractivity contribution in [2.24, 2.45) is 0 Å². The van der Waals surface area contributed by atoms with Gasteiger partial charge in [-0.2, -0.15) is 8.62 Å². The second-order valence-corrected chi connectivity index (χ2v) is 15.1. The van der Waals surface area contributed by atoms with Gasteiger partial charge < -0.3 is 56.0 Å². The fourth-order valence-corrected chi connectivity index (χ4v) is 8.65. The molecule has 268 valence electrons. The molecule has 11 N–H and O–H groups in total. The van der Waals surface area contributed by atoms with Gasteiger partial charge in [0.15, 0.2) is 35.4 Å². The van der Waals surface area contributed by atoms with E-state index in [2.05, 4.69) is 38.5 Å². The summed E-state index contributed by atoms with van der Waals surface area (Å²) in [7, 11) is -17.2. The standard InChI is InChI=1S/C20H27N10O16P3/c21-15-9-17(25-3-23-15)29(5-27-9)19-13(33)11(31)7(43-19)1-41-48(38,39)46-49(40,45-47(35,36)37)42-2-8-12(32)14(34)20(44-8)30-6-28-10-16(22)24-4-26-18(10)30/h3-8,11-14,19-20,31-34H,1-2H2,(H,38,39)(H2,21,23,25)(H2,22,24,26)(H2,35,36,37)/t7-,8-,11-,12-,13-,14-,19-,20-,49?/m1/s1. The van der Waals surface area contributed by atoms with Gasteiger partial charge in [0.05, 0.1) is 25.9 Å². The van der Waals surface area contributed by atoms with Crippen LogP contribution in [0.15, 0.2) is 25.3 Å². The fraction of sp³-hybridized carbons (Fsp3) is 0.500. The molecule has 2 aliphatic heterocycles. The Kier molecular flexibility index (Phi) is 9.62. The Bertz CT molecular complexity index is 1990. The first-order chi connectivity index (χ1) is 23.0. The molecule has 2 fully saturated rings. The number of phosphoric ester groups is 1. The van der Waals surface area contributed by atoms with Crippen LogP contribution in [0.2, 0.25) is 0 Å². The molecule has 6 heterocycles. The van der Waals surface area contributed by atoms with Crippen molar-refractivity contribution < 1.29 is 75.9 Å². The number of imidazole rings is 2. The average Bonchev–Trinajstić information content (AvgIpc) is 3.77. The lowest BCUT2D eigenvalue weighted by atomic mass is 10.1. The van der Waals surface area contributed by atoms with Crippen molar-refractivity contribution in [2.75, 3.05) is 24.7 Å². The Labute approximate surface area is 271 Å². The number of fused-ring (bicyclic) bond motifs is 2. The second kappa shape index (κ2) is 13.2. The van der Waals surface area contributed by atoms with E-state index < -0.39 is 85.8 Å². The third kappa shape index (κ3) is 7.22. The maximum atomic E-state index is 13.2. The Morgan fingerprint density at radius 3 is 1.57 bits per heavy atom. The van der Waals surface area contributed by atoms with Crippen LogP contribution in [0.3, 0.4) is 0 Å². The zero-order valence-electron chi connectivity index (χ0n) is 24.2. The number of nitrogen functional groups attached to an aromatic ring is 2. The summed E-state index contributed by atoms with van der Waals surface area (Å²) in [4.78, 5) is 52.5. The molecule has 0 radical (unpaired) electrons. The molecule has 29 heteroatoms. The molecule has 0 bridgehead atoms. The van der Waals surface area contributed by atoms with Crippen molar-refractivity contribution in [3.05, 3.63) is 25.3 Å². The summed E-state index contributed by atoms with van der Waals surface area (Å²) in [5, 5.41) is 42.2. The number of nitrogens with two attached hydrogens (primary N) is 2. The molecule has 0 amide bonds. The number of hydrogen-bond acceptors (Lipinski definition) is 21. The van der Waals surface area contributed by atoms with Crippen LogP contribution in [-0.2, 0) is 40.8 Å². The summed E-state index contributed by atoms with van der Waals surface area (Å²) in [5.74, 6) is 0.00852. The summed E-state index contributed by atoms with van der Waals surface area (Å²) >= 11 is 0. The summed E-state index contributed by atoms with van der Waals surface area (Å²) in [6.45, 7) is -2.14. The molecule has 2 saturated heterocycles. The lowest BCUT2D eigenvalue weighted by Crippen LogP contribution is -2.34. The predicted octanol–water partition coefficient (Wildman–Crippen LogP) is -2.56. The number of ether oxygens (including phenoxy) is 2. The molecule has 26 nitrogen and oxygen atoms in total. The van der Waals surface area contributed by atoms with Crippen molar-refractivity contribution in [1.29, 1.82) is 0 Å². The van der Waals surface area contributed by atoms with Gasteiger partial charge in [0.2, 0.25) is 0 Å². The second-order valence-electron chi connectivity index (χ2n) is 10.4. The normalized spacial score (nSPS) is 30.2. The number of rotatable bonds is 12. The van der Waals surface area contributed by atoms with E-state index in [1.54, 1.807) is 0 Å². The first-order valence-electron chi connectivity index (χ1n) is 13.6. The van der Waals surface area contributed by atoms with Crippen LogP contribution >= 0.6 is 23.5 Å². The first kappa shape index (κ1) is 35.7. The van der Waals surface area contributed by atoms with E-state index in [4.69, 9.17) is 30.0 Å². The predicted molar refractivity (Wildman–Crippen MR) is 155 cm³/mol. The number of aliphatic hydroxyl groups excluding tert-OH is 4. The van der Waals surface area contributed by atoms with Crippen molar-refractivity contribution >= 4 is 57.4 Å². The third-order valence-corrected chi connectivity index (χ3v) is 11.4. The van der Waals surface area contributed by atoms with Crippen molar-refractivity contribution in [3.8, 4) is 0 Å². The monoisotopic (exact) mass is 756 g/mol. The minimum Gasteiger partial charge on any atom is -0.387 e. The summed E-state index contributed by atoms with van der Waals surface area (Å²) < 4.78 is 69.1. The number of phosphoric acid groups is 3. The van der Waals surface area contributed by atoms with Crippen LogP contribution in [0, 0.1) is 0 Å². The number of nitrogens with zero attached hydrogens (tertiary/aromatic N) is 8. The maximum Gasteiger partial charge on any atom is 0.492 e. The van der Waals surface area contributed by atoms with Gasteiger partial charge >= 0.3 is 23.5 Å². The zero-order valence-corrected chi connectivity index (χ0v) is 26.9. The molecule has 2 unspecified atom stereocenters. The number of aliphatic hydroxyl groups is 4. The number of aromatic nitrogens is 8. The van der Waals surface area contributed by atoms with Gasteiger partial charge in [-0.3, -0.25) is 18.2 Å². The minimum atomic E-state index is -5.78. The molecule has 0 aliphatic carbocycles. The van der Waals surface area contributed by atoms with Crippen LogP contribution in [0.4, 0.5) is 11.6 Å². The molecule has 49 heavy (non-hydrogen) atoms. The van der Waals surface area contributed by atoms with Gasteiger partial charge in [-0.05, 0) is 0 Å². The highest BCUT2D eigenvalue weighted by molar-refractivity contribution is 7.67. The SMILES string of the molecule is Nc1ncnc2c1ncn2[C@@H]1O[C@H](COP(=O)(O)OP(=O)(OC[C@H]2O[C@@H](n3cnc4c(N)ncnc43)[C@H](O)[C@@H]2O)OP(=O)(O)O)[C@@H](O)[C@H]1O. The van der Waals surface area contributed by atoms with Crippen LogP contribution in [0.5, 0.6) is 0 Å². The summed E-state index contributed by atoms with van der Waals surface area (Å²) in [6.07, 6.45) is -8.32. The number of anilines is 2. The molecular weight excluding hydrogens is 729 g/mol. The van der Waals surface area contributed by atoms with Gasteiger partial charge in [-0.15, -0.1) is 0 Å². The zero-order chi connectivity index (χ0) is 35.5. The largest absolute Gasteiger partial charge is 0.492 e. The van der Waals surface area contributed by atoms with Crippen LogP contribution in [0.1, 0.15) is 12.5 Å². The van der Waals surface area contributed by atoms with E-state index in [1.807, 2.05) is 0 Å². The molecule has 4 aromatic heterocycles. The minimum absolute atomic E-state index is 0.00232. The first-order valence-corrected chi connectivity index (χ1v) is 18.0. The third-order valence-electron chi connectivity index (χ3n) is 7.21. The quantitative estimate of drug-likeness (QED) is 0.0671. The summed E-state index contributed by atoms with van der Waals surface area (Å²) in [6, 6.07) is 0. The topological polar surface area (TPSA) is 387 Å². The Morgan fingerprint density at radius 2 is 1.12 bits per heavy atom. The molecule has 4 aromatic rings. The van der Waals surface area contributed by atoms with Crippen molar-refractivity contribution in [1.82, 2.24) is 39.0 Å². The van der Waals surface area contributed by atoms with Gasteiger partial charge in [0.1, 0.15) is 60.3 Å². The van der Waals surface area contributed by atoms with E-state index in [0.29, 0.717) is 0 Å². The Morgan fingerprint density at radius 1 is 0.673 bits per heavy atom. The fourth-order valence-electron chi connectivity index (χ4n) is 4.98. The highest BCUT2D eigenvalue weighted by Gasteiger charge is 2.50. The number of hydrogen-bond donors (Lipinski definition) is 9. The smallest absolute Gasteiger partial charge is 0.387 e. The van der Waals surface area contributed by atoms with Crippen LogP contribution < -0.4 is 11.5 Å². The van der Waals surface area contributed by atoms with Gasteiger partial charge in [-0.1, -0.05) is 0 Å². The molecule has 0 aromatic carbocycles. The molecule has 0 spiro atoms. The van der Waals surface area contributed by atoms with Gasteiger partial charge in [0, 0.05) is 0 Å². The maximum absolute atomic E-state index is 13.2. The van der Waals surface area contributed by atoms with E-state index in [9.17, 15) is 48.8 Å². The molecule has 0 saturated carbocycles. The van der Waals surface area contributed by atoms with Crippen LogP contribution in [0.25, 0.3) is 22.3 Å². The van der Waals surface area contributed by atoms with E-state index in [1.165, 1.54) is 15.5 Å².